The summed E-state index contributed by atoms with van der Waals surface area (Å²) in [6.45, 7) is 1.80. The summed E-state index contributed by atoms with van der Waals surface area (Å²) in [6, 6.07) is 0. The second-order valence-corrected chi connectivity index (χ2v) is 4.55. The number of aromatic nitrogens is 5. The van der Waals surface area contributed by atoms with Crippen LogP contribution in [0.2, 0.25) is 0 Å². The largest absolute Gasteiger partial charge is 0.476 e. The van der Waals surface area contributed by atoms with Crippen LogP contribution < -0.4 is 4.74 Å². The highest BCUT2D eigenvalue weighted by Gasteiger charge is 2.44. The Morgan fingerprint density at radius 3 is 2.81 bits per heavy atom. The van der Waals surface area contributed by atoms with Crippen LogP contribution in [0, 0.1) is 0 Å². The average molecular weight is 297 g/mol. The lowest BCUT2D eigenvalue weighted by Crippen LogP contribution is -2.33. The zero-order valence-corrected chi connectivity index (χ0v) is 11.2. The molecule has 0 amide bonds. The van der Waals surface area contributed by atoms with E-state index < -0.39 is 31.1 Å². The van der Waals surface area contributed by atoms with Crippen molar-refractivity contribution in [2.24, 2.45) is 0 Å². The molecule has 3 N–H and O–H groups in total. The Balaban J connectivity index is 2.00. The van der Waals surface area contributed by atoms with E-state index in [2.05, 4.69) is 20.3 Å². The van der Waals surface area contributed by atoms with Crippen molar-refractivity contribution in [2.75, 3.05) is 13.2 Å². The summed E-state index contributed by atoms with van der Waals surface area (Å²) >= 11 is 0. The molecule has 10 heteroatoms. The van der Waals surface area contributed by atoms with Gasteiger partial charge in [0.15, 0.2) is 17.4 Å². The molecule has 114 valence electrons. The number of fused-ring (bicyclic) bond motifs is 1. The van der Waals surface area contributed by atoms with Crippen molar-refractivity contribution in [3.63, 3.8) is 0 Å². The third-order valence-corrected chi connectivity index (χ3v) is 3.27. The first kappa shape index (κ1) is 14.1. The molecular weight excluding hydrogens is 282 g/mol. The molecular formula is C11H15N5O5. The van der Waals surface area contributed by atoms with E-state index >= 15 is 0 Å². The Hall–Kier alpha value is -1.88. The molecule has 3 rings (SSSR count). The molecule has 21 heavy (non-hydrogen) atoms. The van der Waals surface area contributed by atoms with Gasteiger partial charge in [0.25, 0.3) is 0 Å². The molecule has 2 aromatic rings. The third kappa shape index (κ3) is 2.21. The lowest BCUT2D eigenvalue weighted by Gasteiger charge is -2.14. The van der Waals surface area contributed by atoms with Gasteiger partial charge in [0.05, 0.1) is 13.2 Å². The van der Waals surface area contributed by atoms with Gasteiger partial charge in [0.2, 0.25) is 5.88 Å². The minimum atomic E-state index is -1.25. The molecule has 0 unspecified atom stereocenters. The quantitative estimate of drug-likeness (QED) is 0.599. The topological polar surface area (TPSA) is 136 Å². The highest BCUT2D eigenvalue weighted by molar-refractivity contribution is 5.74. The number of aliphatic hydroxyl groups is 3. The van der Waals surface area contributed by atoms with E-state index in [1.807, 2.05) is 6.92 Å². The summed E-state index contributed by atoms with van der Waals surface area (Å²) in [5.74, 6) is 0.278. The van der Waals surface area contributed by atoms with Gasteiger partial charge in [0, 0.05) is 0 Å². The minimum absolute atomic E-state index is 0.278. The number of aliphatic hydroxyl groups excluding tert-OH is 3. The number of ether oxygens (including phenoxy) is 2. The second kappa shape index (κ2) is 5.48. The molecule has 1 saturated heterocycles. The van der Waals surface area contributed by atoms with E-state index in [1.165, 1.54) is 11.0 Å². The van der Waals surface area contributed by atoms with Crippen LogP contribution >= 0.6 is 0 Å². The summed E-state index contributed by atoms with van der Waals surface area (Å²) < 4.78 is 12.0. The molecule has 10 nitrogen and oxygen atoms in total. The summed E-state index contributed by atoms with van der Waals surface area (Å²) in [5.41, 5.74) is 0.639. The fraction of sp³-hybridized carbons (Fsp3) is 0.636. The van der Waals surface area contributed by atoms with Gasteiger partial charge in [-0.25, -0.2) is 4.98 Å². The van der Waals surface area contributed by atoms with Gasteiger partial charge >= 0.3 is 0 Å². The lowest BCUT2D eigenvalue weighted by molar-refractivity contribution is -0.0574. The summed E-state index contributed by atoms with van der Waals surface area (Å²) in [4.78, 5) is 8.01. The summed E-state index contributed by atoms with van der Waals surface area (Å²) in [5, 5.41) is 36.7. The zero-order chi connectivity index (χ0) is 15.0. The monoisotopic (exact) mass is 297 g/mol. The fourth-order valence-electron chi connectivity index (χ4n) is 2.24. The van der Waals surface area contributed by atoms with Gasteiger partial charge in [-0.2, -0.15) is 9.67 Å². The molecule has 0 saturated carbocycles. The van der Waals surface area contributed by atoms with Gasteiger partial charge in [0.1, 0.15) is 24.6 Å². The highest BCUT2D eigenvalue weighted by atomic mass is 16.6. The van der Waals surface area contributed by atoms with Crippen LogP contribution in [-0.2, 0) is 4.74 Å². The lowest BCUT2D eigenvalue weighted by atomic mass is 10.1. The van der Waals surface area contributed by atoms with Crippen molar-refractivity contribution in [3.05, 3.63) is 6.33 Å². The number of hydrogen-bond acceptors (Lipinski definition) is 9. The molecule has 0 spiro atoms. The van der Waals surface area contributed by atoms with Crippen molar-refractivity contribution in [1.29, 1.82) is 0 Å². The van der Waals surface area contributed by atoms with Gasteiger partial charge in [-0.15, -0.1) is 5.10 Å². The Bertz CT molecular complexity index is 634. The maximum absolute atomic E-state index is 10.0. The fourth-order valence-corrected chi connectivity index (χ4v) is 2.24. The molecule has 0 bridgehead atoms. The number of rotatable bonds is 4. The Morgan fingerprint density at radius 1 is 1.33 bits per heavy atom. The molecule has 2 aromatic heterocycles. The maximum atomic E-state index is 10.0. The van der Waals surface area contributed by atoms with Gasteiger partial charge in [-0.1, -0.05) is 5.21 Å². The van der Waals surface area contributed by atoms with E-state index in [4.69, 9.17) is 14.6 Å². The Morgan fingerprint density at radius 2 is 2.14 bits per heavy atom. The van der Waals surface area contributed by atoms with E-state index in [0.717, 1.165) is 0 Å². The normalized spacial score (nSPS) is 29.1. The first-order chi connectivity index (χ1) is 10.2. The maximum Gasteiger partial charge on any atom is 0.247 e. The molecule has 0 aromatic carbocycles. The van der Waals surface area contributed by atoms with Crippen molar-refractivity contribution in [3.8, 4) is 5.88 Å². The van der Waals surface area contributed by atoms with Crippen LogP contribution in [-0.4, -0.2) is 71.8 Å². The van der Waals surface area contributed by atoms with Crippen molar-refractivity contribution < 1.29 is 24.8 Å². The number of hydrogen-bond donors (Lipinski definition) is 3. The molecule has 1 fully saturated rings. The van der Waals surface area contributed by atoms with Crippen LogP contribution in [0.3, 0.4) is 0 Å². The summed E-state index contributed by atoms with van der Waals surface area (Å²) in [6.07, 6.45) is -3.07. The highest BCUT2D eigenvalue weighted by Crippen LogP contribution is 2.31. The van der Waals surface area contributed by atoms with Crippen LogP contribution in [0.1, 0.15) is 13.2 Å². The van der Waals surface area contributed by atoms with Crippen LogP contribution in [0.15, 0.2) is 6.33 Å². The SMILES string of the molecule is CCOc1ncnc2c1nnn2[C@@H]1O[C@H](CO)[C@@H](O)[C@H]1O. The Kier molecular flexibility index (Phi) is 3.68. The predicted octanol–water partition coefficient (Wildman–Crippen LogP) is -1.77. The minimum Gasteiger partial charge on any atom is -0.476 e. The smallest absolute Gasteiger partial charge is 0.247 e. The van der Waals surface area contributed by atoms with E-state index in [1.54, 1.807) is 0 Å². The van der Waals surface area contributed by atoms with Gasteiger partial charge in [-0.3, -0.25) is 0 Å². The summed E-state index contributed by atoms with van der Waals surface area (Å²) in [7, 11) is 0. The van der Waals surface area contributed by atoms with E-state index in [0.29, 0.717) is 17.8 Å². The van der Waals surface area contributed by atoms with Crippen molar-refractivity contribution in [2.45, 2.75) is 31.5 Å². The molecule has 1 aliphatic heterocycles. The molecule has 1 aliphatic rings. The number of nitrogens with zero attached hydrogens (tertiary/aromatic N) is 5. The predicted molar refractivity (Wildman–Crippen MR) is 67.3 cm³/mol. The van der Waals surface area contributed by atoms with Crippen molar-refractivity contribution >= 4 is 11.2 Å². The van der Waals surface area contributed by atoms with Crippen LogP contribution in [0.5, 0.6) is 5.88 Å². The molecule has 3 heterocycles. The third-order valence-electron chi connectivity index (χ3n) is 3.27. The van der Waals surface area contributed by atoms with Gasteiger partial charge in [-0.05, 0) is 6.92 Å². The molecule has 4 atom stereocenters. The average Bonchev–Trinajstić information content (AvgIpc) is 3.03. The first-order valence-electron chi connectivity index (χ1n) is 6.48. The van der Waals surface area contributed by atoms with E-state index in [9.17, 15) is 10.2 Å². The molecule has 0 aliphatic carbocycles. The van der Waals surface area contributed by atoms with Gasteiger partial charge < -0.3 is 24.8 Å². The Labute approximate surface area is 119 Å². The van der Waals surface area contributed by atoms with Crippen LogP contribution in [0.25, 0.3) is 11.2 Å². The van der Waals surface area contributed by atoms with E-state index in [-0.39, 0.29) is 5.88 Å². The van der Waals surface area contributed by atoms with Crippen molar-refractivity contribution in [1.82, 2.24) is 25.0 Å². The van der Waals surface area contributed by atoms with Crippen LogP contribution in [0.4, 0.5) is 0 Å². The zero-order valence-electron chi connectivity index (χ0n) is 11.2. The second-order valence-electron chi connectivity index (χ2n) is 4.55. The standard InChI is InChI=1S/C11H15N5O5/c1-2-20-10-6-9(12-4-13-10)16(15-14-6)11-8(19)7(18)5(3-17)21-11/h4-5,7-8,11,17-19H,2-3H2,1H3/t5-,7-,8-,11-/m1/s1. The molecule has 0 radical (unpaired) electrons. The first-order valence-corrected chi connectivity index (χ1v) is 6.48.